The fraction of sp³-hybridized carbons (Fsp3) is 0.424. The summed E-state index contributed by atoms with van der Waals surface area (Å²) < 4.78 is 19.9. The van der Waals surface area contributed by atoms with E-state index in [2.05, 4.69) is 114 Å². The van der Waals surface area contributed by atoms with Gasteiger partial charge in [-0.15, -0.1) is 0 Å². The molecule has 4 rings (SSSR count). The molecule has 0 saturated carbocycles. The van der Waals surface area contributed by atoms with E-state index in [0.29, 0.717) is 13.0 Å². The molecule has 0 spiro atoms. The number of esters is 1. The lowest BCUT2D eigenvalue weighted by molar-refractivity contribution is -0.176. The molecule has 1 saturated heterocycles. The second kappa shape index (κ2) is 11.9. The van der Waals surface area contributed by atoms with Crippen molar-refractivity contribution in [1.29, 1.82) is 0 Å². The van der Waals surface area contributed by atoms with Gasteiger partial charge in [0.05, 0.1) is 12.0 Å². The van der Waals surface area contributed by atoms with Gasteiger partial charge in [-0.2, -0.15) is 0 Å². The van der Waals surface area contributed by atoms with Crippen LogP contribution in [0, 0.1) is 11.8 Å². The summed E-state index contributed by atoms with van der Waals surface area (Å²) in [6.45, 7) is 15.8. The van der Waals surface area contributed by atoms with Crippen molar-refractivity contribution in [3.8, 4) is 0 Å². The van der Waals surface area contributed by atoms with Crippen molar-refractivity contribution in [2.24, 2.45) is 11.8 Å². The van der Waals surface area contributed by atoms with Crippen molar-refractivity contribution >= 4 is 38.2 Å². The Kier molecular flexibility index (Phi) is 9.01. The number of ether oxygens (including phenoxy) is 1. The van der Waals surface area contributed by atoms with Crippen LogP contribution in [0.1, 0.15) is 41.0 Å². The average molecular weight is 561 g/mol. The van der Waals surface area contributed by atoms with Crippen LogP contribution in [0.25, 0.3) is 0 Å². The SMILES string of the molecule is C[C@@H]1[C@@H](O[Si](C)(C)C(C)(C)C)[C@@H](C)C(=O)O[C@@H]1CCO[Si](c1ccccc1)(c1ccccc1)c1ccccc1. The van der Waals surface area contributed by atoms with Crippen LogP contribution in [0.2, 0.25) is 18.1 Å². The summed E-state index contributed by atoms with van der Waals surface area (Å²) in [5.41, 5.74) is 0. The van der Waals surface area contributed by atoms with Gasteiger partial charge in [0, 0.05) is 18.9 Å². The Morgan fingerprint density at radius 2 is 1.21 bits per heavy atom. The number of hydrogen-bond donors (Lipinski definition) is 0. The number of hydrogen-bond acceptors (Lipinski definition) is 4. The number of carbonyl (C=O) groups is 1. The third-order valence-electron chi connectivity index (χ3n) is 8.74. The zero-order valence-electron chi connectivity index (χ0n) is 24.5. The van der Waals surface area contributed by atoms with Crippen LogP contribution in [0.4, 0.5) is 0 Å². The van der Waals surface area contributed by atoms with Crippen LogP contribution < -0.4 is 15.6 Å². The van der Waals surface area contributed by atoms with E-state index in [0.717, 1.165) is 0 Å². The standard InChI is InChI=1S/C33H44O4Si2/c1-25-30(36-32(34)26(2)31(25)37-38(6,7)33(3,4)5)23-24-35-39(27-17-11-8-12-18-27,28-19-13-9-14-20-28)29-21-15-10-16-22-29/h8-22,25-26,30-31H,23-24H2,1-7H3/t25-,26+,30+,31+/m0/s1. The molecule has 1 heterocycles. The highest BCUT2D eigenvalue weighted by Crippen LogP contribution is 2.41. The summed E-state index contributed by atoms with van der Waals surface area (Å²) >= 11 is 0. The van der Waals surface area contributed by atoms with Crippen LogP contribution in [-0.2, 0) is 18.4 Å². The van der Waals surface area contributed by atoms with Gasteiger partial charge in [0.15, 0.2) is 8.32 Å². The second-order valence-electron chi connectivity index (χ2n) is 12.4. The zero-order valence-corrected chi connectivity index (χ0v) is 26.5. The minimum absolute atomic E-state index is 0.0681. The van der Waals surface area contributed by atoms with Crippen molar-refractivity contribution < 1.29 is 18.4 Å². The maximum atomic E-state index is 13.0. The summed E-state index contributed by atoms with van der Waals surface area (Å²) in [6.07, 6.45) is 0.215. The molecule has 1 aliphatic rings. The van der Waals surface area contributed by atoms with E-state index in [1.54, 1.807) is 0 Å². The van der Waals surface area contributed by atoms with Crippen LogP contribution in [0.3, 0.4) is 0 Å². The van der Waals surface area contributed by atoms with Gasteiger partial charge in [0.1, 0.15) is 6.10 Å². The summed E-state index contributed by atoms with van der Waals surface area (Å²) in [6, 6.07) is 31.7. The Bertz CT molecular complexity index is 1110. The molecule has 0 aromatic heterocycles. The number of rotatable bonds is 9. The molecule has 39 heavy (non-hydrogen) atoms. The van der Waals surface area contributed by atoms with Gasteiger partial charge in [0.25, 0.3) is 8.32 Å². The monoisotopic (exact) mass is 560 g/mol. The first-order chi connectivity index (χ1) is 18.5. The number of cyclic esters (lactones) is 1. The van der Waals surface area contributed by atoms with E-state index in [1.807, 2.05) is 25.1 Å². The quantitative estimate of drug-likeness (QED) is 0.193. The molecule has 4 atom stereocenters. The first-order valence-corrected chi connectivity index (χ1v) is 19.0. The maximum Gasteiger partial charge on any atom is 0.311 e. The Morgan fingerprint density at radius 1 is 0.769 bits per heavy atom. The van der Waals surface area contributed by atoms with E-state index in [9.17, 15) is 4.79 Å². The highest BCUT2D eigenvalue weighted by atomic mass is 28.4. The lowest BCUT2D eigenvalue weighted by atomic mass is 9.85. The van der Waals surface area contributed by atoms with Crippen LogP contribution in [-0.4, -0.2) is 41.4 Å². The lowest BCUT2D eigenvalue weighted by Gasteiger charge is -2.46. The molecule has 6 heteroatoms. The maximum absolute atomic E-state index is 13.0. The molecule has 1 fully saturated rings. The van der Waals surface area contributed by atoms with E-state index >= 15 is 0 Å². The molecule has 0 bridgehead atoms. The minimum Gasteiger partial charge on any atom is -0.462 e. The van der Waals surface area contributed by atoms with E-state index in [1.165, 1.54) is 15.6 Å². The van der Waals surface area contributed by atoms with Gasteiger partial charge in [0.2, 0.25) is 0 Å². The number of carbonyl (C=O) groups excluding carboxylic acids is 1. The highest BCUT2D eigenvalue weighted by Gasteiger charge is 2.48. The zero-order chi connectivity index (χ0) is 28.3. The van der Waals surface area contributed by atoms with Crippen LogP contribution in [0.5, 0.6) is 0 Å². The molecule has 3 aromatic rings. The van der Waals surface area contributed by atoms with Gasteiger partial charge in [-0.1, -0.05) is 119 Å². The van der Waals surface area contributed by atoms with Crippen molar-refractivity contribution in [3.63, 3.8) is 0 Å². The van der Waals surface area contributed by atoms with Crippen LogP contribution in [0.15, 0.2) is 91.0 Å². The molecule has 3 aromatic carbocycles. The molecular weight excluding hydrogens is 517 g/mol. The predicted octanol–water partition coefficient (Wildman–Crippen LogP) is 5.65. The molecule has 1 aliphatic heterocycles. The fourth-order valence-electron chi connectivity index (χ4n) is 5.31. The Hall–Kier alpha value is -2.52. The summed E-state index contributed by atoms with van der Waals surface area (Å²) in [5.74, 6) is -0.367. The lowest BCUT2D eigenvalue weighted by Crippen LogP contribution is -2.69. The highest BCUT2D eigenvalue weighted by molar-refractivity contribution is 7.07. The fourth-order valence-corrected chi connectivity index (χ4v) is 10.7. The molecule has 0 amide bonds. The largest absolute Gasteiger partial charge is 0.462 e. The van der Waals surface area contributed by atoms with Gasteiger partial charge in [-0.3, -0.25) is 4.79 Å². The van der Waals surface area contributed by atoms with Crippen molar-refractivity contribution in [3.05, 3.63) is 91.0 Å². The van der Waals surface area contributed by atoms with Crippen molar-refractivity contribution in [2.45, 2.75) is 71.4 Å². The van der Waals surface area contributed by atoms with Crippen LogP contribution >= 0.6 is 0 Å². The summed E-state index contributed by atoms with van der Waals surface area (Å²) in [4.78, 5) is 13.0. The van der Waals surface area contributed by atoms with Gasteiger partial charge in [-0.25, -0.2) is 0 Å². The minimum atomic E-state index is -2.81. The summed E-state index contributed by atoms with van der Waals surface area (Å²) in [5, 5.41) is 3.66. The summed E-state index contributed by atoms with van der Waals surface area (Å²) in [7, 11) is -4.87. The first-order valence-electron chi connectivity index (χ1n) is 14.2. The molecule has 4 nitrogen and oxygen atoms in total. The average Bonchev–Trinajstić information content (AvgIpc) is 2.93. The molecule has 0 N–H and O–H groups in total. The van der Waals surface area contributed by atoms with E-state index in [4.69, 9.17) is 13.6 Å². The van der Waals surface area contributed by atoms with Gasteiger partial charge < -0.3 is 13.6 Å². The smallest absolute Gasteiger partial charge is 0.311 e. The Balaban J connectivity index is 1.62. The van der Waals surface area contributed by atoms with Gasteiger partial charge >= 0.3 is 5.97 Å². The van der Waals surface area contributed by atoms with E-state index in [-0.39, 0.29) is 35.1 Å². The molecule has 0 aliphatic carbocycles. The van der Waals surface area contributed by atoms with E-state index < -0.39 is 16.6 Å². The Labute approximate surface area is 237 Å². The normalized spacial score (nSPS) is 22.4. The third-order valence-corrected chi connectivity index (χ3v) is 17.3. The predicted molar refractivity (Wildman–Crippen MR) is 165 cm³/mol. The van der Waals surface area contributed by atoms with Crippen molar-refractivity contribution in [2.75, 3.05) is 6.61 Å². The molecule has 0 radical (unpaired) electrons. The molecule has 208 valence electrons. The number of benzene rings is 3. The molecule has 0 unspecified atom stereocenters. The third kappa shape index (κ3) is 6.14. The molecular formula is C33H44O4Si2. The van der Waals surface area contributed by atoms with Crippen molar-refractivity contribution in [1.82, 2.24) is 0 Å². The topological polar surface area (TPSA) is 44.8 Å². The first kappa shape index (κ1) is 29.5. The Morgan fingerprint density at radius 3 is 1.62 bits per heavy atom. The van der Waals surface area contributed by atoms with Gasteiger partial charge in [-0.05, 0) is 40.6 Å². The second-order valence-corrected chi connectivity index (χ2v) is 20.5.